The van der Waals surface area contributed by atoms with Crippen LogP contribution in [0.2, 0.25) is 0 Å². The summed E-state index contributed by atoms with van der Waals surface area (Å²) in [6.45, 7) is 3.29. The van der Waals surface area contributed by atoms with Crippen LogP contribution in [-0.2, 0) is 11.2 Å². The molecule has 1 N–H and O–H groups in total. The second-order valence-corrected chi connectivity index (χ2v) is 8.67. The Bertz CT molecular complexity index is 846. The zero-order valence-corrected chi connectivity index (χ0v) is 16.2. The van der Waals surface area contributed by atoms with Gasteiger partial charge in [0.2, 0.25) is 0 Å². The number of fused-ring (bicyclic) bond motifs is 5. The molecular weight excluding hydrogens is 353 g/mol. The van der Waals surface area contributed by atoms with E-state index in [0.29, 0.717) is 18.4 Å². The number of aliphatic hydroxyl groups excluding tert-OH is 1. The molecule has 2 aromatic carbocycles. The molecule has 3 nitrogen and oxygen atoms in total. The van der Waals surface area contributed by atoms with E-state index in [1.165, 1.54) is 16.7 Å². The van der Waals surface area contributed by atoms with E-state index in [2.05, 4.69) is 29.2 Å². The van der Waals surface area contributed by atoms with Gasteiger partial charge in [-0.3, -0.25) is 0 Å². The maximum Gasteiger partial charge on any atom is 0.123 e. The van der Waals surface area contributed by atoms with Crippen LogP contribution < -0.4 is 0 Å². The number of rotatable bonds is 3. The zero-order chi connectivity index (χ0) is 19.1. The van der Waals surface area contributed by atoms with Crippen molar-refractivity contribution in [2.45, 2.75) is 43.8 Å². The summed E-state index contributed by atoms with van der Waals surface area (Å²) < 4.78 is 20.7. The normalized spacial score (nSPS) is 27.7. The lowest BCUT2D eigenvalue weighted by Crippen LogP contribution is -2.39. The summed E-state index contributed by atoms with van der Waals surface area (Å²) in [6, 6.07) is 13.8. The molecule has 28 heavy (non-hydrogen) atoms. The van der Waals surface area contributed by atoms with Crippen molar-refractivity contribution in [2.75, 3.05) is 26.2 Å². The van der Waals surface area contributed by atoms with Gasteiger partial charge >= 0.3 is 0 Å². The van der Waals surface area contributed by atoms with Gasteiger partial charge in [-0.05, 0) is 79.1 Å². The van der Waals surface area contributed by atoms with Crippen molar-refractivity contribution >= 4 is 0 Å². The topological polar surface area (TPSA) is 32.7 Å². The van der Waals surface area contributed by atoms with Gasteiger partial charge in [0.25, 0.3) is 0 Å². The number of hydrogen-bond donors (Lipinski definition) is 1. The highest BCUT2D eigenvalue weighted by Gasteiger charge is 2.41. The van der Waals surface area contributed by atoms with Gasteiger partial charge in [0.05, 0.1) is 12.2 Å². The lowest BCUT2D eigenvalue weighted by atomic mass is 9.87. The highest BCUT2D eigenvalue weighted by atomic mass is 19.1. The summed E-state index contributed by atoms with van der Waals surface area (Å²) in [5.74, 6) is 0.564. The third kappa shape index (κ3) is 3.38. The molecule has 0 aromatic heterocycles. The van der Waals surface area contributed by atoms with E-state index < -0.39 is 0 Å². The predicted octanol–water partition coefficient (Wildman–Crippen LogP) is 4.05. The van der Waals surface area contributed by atoms with Crippen LogP contribution in [0, 0.1) is 11.7 Å². The maximum absolute atomic E-state index is 14.1. The summed E-state index contributed by atoms with van der Waals surface area (Å²) in [4.78, 5) is 2.47. The maximum atomic E-state index is 14.1. The number of aliphatic hydroxyl groups is 1. The Hall–Kier alpha value is -1.75. The number of benzene rings is 2. The van der Waals surface area contributed by atoms with Gasteiger partial charge in [0, 0.05) is 19.1 Å². The first-order valence-corrected chi connectivity index (χ1v) is 10.6. The summed E-state index contributed by atoms with van der Waals surface area (Å²) in [5, 5.41) is 9.36. The standard InChI is InChI=1S/C24H28FNO2/c25-19-6-5-18-11-17-3-1-2-4-21(17)23-13-20(28-24(23)22(18)12-19)14-26-9-7-16(15-27)8-10-26/h1-6,12,16,20,23-24,27H,7-11,13-15H2. The predicted molar refractivity (Wildman–Crippen MR) is 107 cm³/mol. The first kappa shape index (κ1) is 18.3. The SMILES string of the molecule is OCC1CCN(CC2CC3c4ccccc4Cc4ccc(F)cc4C3O2)CC1. The Morgan fingerprint density at radius 2 is 1.82 bits per heavy atom. The van der Waals surface area contributed by atoms with Gasteiger partial charge in [-0.2, -0.15) is 0 Å². The molecule has 0 spiro atoms. The number of nitrogens with zero attached hydrogens (tertiary/aromatic N) is 1. The van der Waals surface area contributed by atoms with Crippen LogP contribution >= 0.6 is 0 Å². The lowest BCUT2D eigenvalue weighted by molar-refractivity contribution is 0.0105. The smallest absolute Gasteiger partial charge is 0.123 e. The van der Waals surface area contributed by atoms with Crippen LogP contribution in [0.5, 0.6) is 0 Å². The molecule has 1 aliphatic carbocycles. The first-order chi connectivity index (χ1) is 13.7. The molecule has 2 saturated heterocycles. The van der Waals surface area contributed by atoms with Crippen LogP contribution in [0.15, 0.2) is 42.5 Å². The fourth-order valence-corrected chi connectivity index (χ4v) is 5.36. The van der Waals surface area contributed by atoms with E-state index >= 15 is 0 Å². The number of ether oxygens (including phenoxy) is 1. The van der Waals surface area contributed by atoms with E-state index in [1.54, 1.807) is 12.1 Å². The van der Waals surface area contributed by atoms with Crippen molar-refractivity contribution in [1.82, 2.24) is 4.90 Å². The molecular formula is C24H28FNO2. The molecule has 4 heteroatoms. The quantitative estimate of drug-likeness (QED) is 0.871. The average Bonchev–Trinajstić information content (AvgIpc) is 3.08. The lowest BCUT2D eigenvalue weighted by Gasteiger charge is -2.32. The Kier molecular flexibility index (Phi) is 4.95. The monoisotopic (exact) mass is 381 g/mol. The van der Waals surface area contributed by atoms with Crippen LogP contribution in [-0.4, -0.2) is 42.4 Å². The molecule has 0 amide bonds. The molecule has 2 aromatic rings. The van der Waals surface area contributed by atoms with Crippen molar-refractivity contribution in [3.05, 3.63) is 70.5 Å². The molecule has 0 radical (unpaired) electrons. The highest BCUT2D eigenvalue weighted by Crippen LogP contribution is 2.49. The molecule has 2 fully saturated rings. The van der Waals surface area contributed by atoms with Gasteiger partial charge in [-0.25, -0.2) is 4.39 Å². The van der Waals surface area contributed by atoms with E-state index in [-0.39, 0.29) is 18.0 Å². The van der Waals surface area contributed by atoms with Crippen molar-refractivity contribution in [1.29, 1.82) is 0 Å². The van der Waals surface area contributed by atoms with Gasteiger partial charge in [0.15, 0.2) is 0 Å². The Morgan fingerprint density at radius 3 is 2.64 bits per heavy atom. The first-order valence-electron chi connectivity index (χ1n) is 10.6. The second kappa shape index (κ2) is 7.58. The minimum Gasteiger partial charge on any atom is -0.396 e. The third-order valence-electron chi connectivity index (χ3n) is 6.90. The molecule has 0 bridgehead atoms. The second-order valence-electron chi connectivity index (χ2n) is 8.67. The van der Waals surface area contributed by atoms with E-state index in [9.17, 15) is 9.50 Å². The molecule has 3 aliphatic rings. The number of likely N-dealkylation sites (tertiary alicyclic amines) is 1. The molecule has 3 unspecified atom stereocenters. The van der Waals surface area contributed by atoms with Gasteiger partial charge in [0.1, 0.15) is 5.82 Å². The number of piperidine rings is 1. The fourth-order valence-electron chi connectivity index (χ4n) is 5.36. The van der Waals surface area contributed by atoms with Crippen LogP contribution in [0.3, 0.4) is 0 Å². The third-order valence-corrected chi connectivity index (χ3v) is 6.90. The molecule has 148 valence electrons. The van der Waals surface area contributed by atoms with E-state index in [4.69, 9.17) is 4.74 Å². The number of halogens is 1. The minimum absolute atomic E-state index is 0.0608. The Morgan fingerprint density at radius 1 is 1.04 bits per heavy atom. The Labute approximate surface area is 166 Å². The zero-order valence-electron chi connectivity index (χ0n) is 16.2. The molecule has 2 heterocycles. The van der Waals surface area contributed by atoms with E-state index in [0.717, 1.165) is 50.9 Å². The van der Waals surface area contributed by atoms with Crippen LogP contribution in [0.25, 0.3) is 0 Å². The number of hydrogen-bond acceptors (Lipinski definition) is 3. The largest absolute Gasteiger partial charge is 0.396 e. The molecule has 2 aliphatic heterocycles. The molecule has 3 atom stereocenters. The van der Waals surface area contributed by atoms with Crippen LogP contribution in [0.4, 0.5) is 4.39 Å². The van der Waals surface area contributed by atoms with Gasteiger partial charge in [-0.1, -0.05) is 30.3 Å². The van der Waals surface area contributed by atoms with Gasteiger partial charge in [-0.15, -0.1) is 0 Å². The van der Waals surface area contributed by atoms with Crippen molar-refractivity contribution in [3.8, 4) is 0 Å². The van der Waals surface area contributed by atoms with Crippen LogP contribution in [0.1, 0.15) is 53.5 Å². The summed E-state index contributed by atoms with van der Waals surface area (Å²) in [5.41, 5.74) is 4.93. The van der Waals surface area contributed by atoms with Crippen molar-refractivity contribution in [3.63, 3.8) is 0 Å². The fraction of sp³-hybridized carbons (Fsp3) is 0.500. The summed E-state index contributed by atoms with van der Waals surface area (Å²) in [7, 11) is 0. The van der Waals surface area contributed by atoms with Crippen molar-refractivity contribution in [2.24, 2.45) is 5.92 Å². The van der Waals surface area contributed by atoms with Crippen molar-refractivity contribution < 1.29 is 14.2 Å². The average molecular weight is 381 g/mol. The summed E-state index contributed by atoms with van der Waals surface area (Å²) in [6.07, 6.45) is 4.07. The minimum atomic E-state index is -0.179. The highest BCUT2D eigenvalue weighted by molar-refractivity contribution is 5.45. The molecule has 0 saturated carbocycles. The summed E-state index contributed by atoms with van der Waals surface area (Å²) >= 11 is 0. The molecule has 5 rings (SSSR count). The van der Waals surface area contributed by atoms with Gasteiger partial charge < -0.3 is 14.7 Å². The van der Waals surface area contributed by atoms with E-state index in [1.807, 2.05) is 6.07 Å². The Balaban J connectivity index is 1.40.